The molecule has 3 rings (SSSR count). The molecule has 2 N–H and O–H groups in total. The molecule has 0 saturated heterocycles. The SMILES string of the molecule is NC1(c2nc(Cc3c(F)cccc3Cl)no2)CCCCC1. The zero-order valence-corrected chi connectivity index (χ0v) is 12.4. The van der Waals surface area contributed by atoms with E-state index in [-0.39, 0.29) is 12.2 Å². The van der Waals surface area contributed by atoms with Crippen molar-refractivity contribution in [1.29, 1.82) is 0 Å². The fourth-order valence-corrected chi connectivity index (χ4v) is 3.01. The molecule has 0 radical (unpaired) electrons. The van der Waals surface area contributed by atoms with E-state index < -0.39 is 5.54 Å². The highest BCUT2D eigenvalue weighted by Crippen LogP contribution is 2.34. The van der Waals surface area contributed by atoms with Crippen molar-refractivity contribution >= 4 is 11.6 Å². The molecule has 21 heavy (non-hydrogen) atoms. The molecule has 2 aromatic rings. The molecular formula is C15H17ClFN3O. The van der Waals surface area contributed by atoms with Gasteiger partial charge in [-0.3, -0.25) is 0 Å². The number of nitrogens with two attached hydrogens (primary N) is 1. The Morgan fingerprint density at radius 1 is 1.29 bits per heavy atom. The van der Waals surface area contributed by atoms with E-state index in [4.69, 9.17) is 21.9 Å². The van der Waals surface area contributed by atoms with Crippen LogP contribution in [0.5, 0.6) is 0 Å². The minimum absolute atomic E-state index is 0.199. The Balaban J connectivity index is 1.82. The van der Waals surface area contributed by atoms with Gasteiger partial charge in [-0.05, 0) is 25.0 Å². The smallest absolute Gasteiger partial charge is 0.246 e. The first kappa shape index (κ1) is 14.5. The zero-order chi connectivity index (χ0) is 14.9. The van der Waals surface area contributed by atoms with Crippen LogP contribution < -0.4 is 5.73 Å². The van der Waals surface area contributed by atoms with Crippen LogP contribution in [0.4, 0.5) is 4.39 Å². The summed E-state index contributed by atoms with van der Waals surface area (Å²) in [4.78, 5) is 4.36. The standard InChI is InChI=1S/C15H17ClFN3O/c16-11-5-4-6-12(17)10(11)9-13-19-14(21-20-13)15(18)7-2-1-3-8-15/h4-6H,1-3,7-9,18H2. The third-order valence-corrected chi connectivity index (χ3v) is 4.39. The fourth-order valence-electron chi connectivity index (χ4n) is 2.78. The molecule has 1 aliphatic rings. The summed E-state index contributed by atoms with van der Waals surface area (Å²) in [7, 11) is 0. The van der Waals surface area contributed by atoms with Crippen LogP contribution in [0.15, 0.2) is 22.7 Å². The van der Waals surface area contributed by atoms with E-state index in [0.717, 1.165) is 25.7 Å². The van der Waals surface area contributed by atoms with E-state index in [1.54, 1.807) is 12.1 Å². The van der Waals surface area contributed by atoms with Crippen molar-refractivity contribution in [1.82, 2.24) is 10.1 Å². The summed E-state index contributed by atoms with van der Waals surface area (Å²) in [6.07, 6.45) is 5.20. The Kier molecular flexibility index (Phi) is 3.95. The lowest BCUT2D eigenvalue weighted by atomic mass is 9.82. The van der Waals surface area contributed by atoms with Gasteiger partial charge in [0.05, 0.1) is 5.54 Å². The largest absolute Gasteiger partial charge is 0.337 e. The normalized spacial score (nSPS) is 17.9. The van der Waals surface area contributed by atoms with Crippen LogP contribution in [0.3, 0.4) is 0 Å². The van der Waals surface area contributed by atoms with Gasteiger partial charge in [0.25, 0.3) is 0 Å². The molecule has 0 amide bonds. The van der Waals surface area contributed by atoms with Gasteiger partial charge >= 0.3 is 0 Å². The fraction of sp³-hybridized carbons (Fsp3) is 0.467. The summed E-state index contributed by atoms with van der Waals surface area (Å²) in [6, 6.07) is 4.58. The molecular weight excluding hydrogens is 293 g/mol. The molecule has 1 aliphatic carbocycles. The minimum Gasteiger partial charge on any atom is -0.337 e. The molecule has 112 valence electrons. The van der Waals surface area contributed by atoms with E-state index in [1.165, 1.54) is 12.5 Å². The molecule has 0 atom stereocenters. The topological polar surface area (TPSA) is 64.9 Å². The third-order valence-electron chi connectivity index (χ3n) is 4.04. The van der Waals surface area contributed by atoms with Gasteiger partial charge in [0, 0.05) is 17.0 Å². The molecule has 0 bridgehead atoms. The van der Waals surface area contributed by atoms with E-state index in [0.29, 0.717) is 22.3 Å². The lowest BCUT2D eigenvalue weighted by Crippen LogP contribution is -2.39. The van der Waals surface area contributed by atoms with Crippen molar-refractivity contribution in [3.8, 4) is 0 Å². The number of halogens is 2. The van der Waals surface area contributed by atoms with Gasteiger partial charge in [-0.2, -0.15) is 4.98 Å². The van der Waals surface area contributed by atoms with Crippen LogP contribution >= 0.6 is 11.6 Å². The monoisotopic (exact) mass is 309 g/mol. The van der Waals surface area contributed by atoms with Crippen LogP contribution in [0.2, 0.25) is 5.02 Å². The lowest BCUT2D eigenvalue weighted by Gasteiger charge is -2.29. The molecule has 6 heteroatoms. The average molecular weight is 310 g/mol. The van der Waals surface area contributed by atoms with Crippen molar-refractivity contribution in [3.05, 3.63) is 46.3 Å². The van der Waals surface area contributed by atoms with Gasteiger partial charge in [0.2, 0.25) is 5.89 Å². The molecule has 4 nitrogen and oxygen atoms in total. The maximum Gasteiger partial charge on any atom is 0.246 e. The predicted molar refractivity (Wildman–Crippen MR) is 77.5 cm³/mol. The van der Waals surface area contributed by atoms with Crippen molar-refractivity contribution < 1.29 is 8.91 Å². The van der Waals surface area contributed by atoms with Gasteiger partial charge in [0.1, 0.15) is 5.82 Å². The maximum absolute atomic E-state index is 13.8. The first-order chi connectivity index (χ1) is 10.1. The maximum atomic E-state index is 13.8. The number of benzene rings is 1. The summed E-state index contributed by atoms with van der Waals surface area (Å²) in [5.41, 5.74) is 6.19. The van der Waals surface area contributed by atoms with Crippen molar-refractivity contribution in [2.24, 2.45) is 5.73 Å². The van der Waals surface area contributed by atoms with E-state index in [9.17, 15) is 4.39 Å². The van der Waals surface area contributed by atoms with Crippen LogP contribution in [0, 0.1) is 5.82 Å². The Morgan fingerprint density at radius 3 is 2.76 bits per heavy atom. The summed E-state index contributed by atoms with van der Waals surface area (Å²) >= 11 is 6.01. The average Bonchev–Trinajstić information content (AvgIpc) is 2.93. The quantitative estimate of drug-likeness (QED) is 0.941. The van der Waals surface area contributed by atoms with Gasteiger partial charge < -0.3 is 10.3 Å². The minimum atomic E-state index is -0.539. The second-order valence-electron chi connectivity index (χ2n) is 5.61. The molecule has 1 aromatic carbocycles. The Hall–Kier alpha value is -1.46. The summed E-state index contributed by atoms with van der Waals surface area (Å²) in [5, 5.41) is 4.29. The Morgan fingerprint density at radius 2 is 2.05 bits per heavy atom. The van der Waals surface area contributed by atoms with Gasteiger partial charge in [-0.15, -0.1) is 0 Å². The molecule has 0 unspecified atom stereocenters. The highest BCUT2D eigenvalue weighted by atomic mass is 35.5. The first-order valence-corrected chi connectivity index (χ1v) is 7.51. The Labute approximate surface area is 127 Å². The Bertz CT molecular complexity index is 617. The summed E-state index contributed by atoms with van der Waals surface area (Å²) in [6.45, 7) is 0. The molecule has 1 fully saturated rings. The van der Waals surface area contributed by atoms with Gasteiger partial charge in [-0.1, -0.05) is 42.1 Å². The predicted octanol–water partition coefficient (Wildman–Crippen LogP) is 3.57. The van der Waals surface area contributed by atoms with Crippen LogP contribution in [0.1, 0.15) is 49.4 Å². The van der Waals surface area contributed by atoms with Crippen molar-refractivity contribution in [2.75, 3.05) is 0 Å². The zero-order valence-electron chi connectivity index (χ0n) is 11.6. The molecule has 1 heterocycles. The lowest BCUT2D eigenvalue weighted by molar-refractivity contribution is 0.219. The number of rotatable bonds is 3. The number of hydrogen-bond donors (Lipinski definition) is 1. The van der Waals surface area contributed by atoms with Crippen molar-refractivity contribution in [2.45, 2.75) is 44.1 Å². The van der Waals surface area contributed by atoms with Gasteiger partial charge in [-0.25, -0.2) is 4.39 Å². The van der Waals surface area contributed by atoms with Crippen LogP contribution in [-0.2, 0) is 12.0 Å². The summed E-state index contributed by atoms with van der Waals surface area (Å²) < 4.78 is 19.1. The highest BCUT2D eigenvalue weighted by Gasteiger charge is 2.35. The first-order valence-electron chi connectivity index (χ1n) is 7.13. The number of hydrogen-bond acceptors (Lipinski definition) is 4. The molecule has 0 spiro atoms. The van der Waals surface area contributed by atoms with E-state index in [2.05, 4.69) is 10.1 Å². The van der Waals surface area contributed by atoms with Crippen molar-refractivity contribution in [3.63, 3.8) is 0 Å². The van der Waals surface area contributed by atoms with Crippen LogP contribution in [-0.4, -0.2) is 10.1 Å². The molecule has 0 aliphatic heterocycles. The third kappa shape index (κ3) is 2.94. The highest BCUT2D eigenvalue weighted by molar-refractivity contribution is 6.31. The van der Waals surface area contributed by atoms with E-state index >= 15 is 0 Å². The molecule has 1 aromatic heterocycles. The second kappa shape index (κ2) is 5.73. The van der Waals surface area contributed by atoms with Gasteiger partial charge in [0.15, 0.2) is 5.82 Å². The second-order valence-corrected chi connectivity index (χ2v) is 6.02. The van der Waals surface area contributed by atoms with Crippen LogP contribution in [0.25, 0.3) is 0 Å². The summed E-state index contributed by atoms with van der Waals surface area (Å²) in [5.74, 6) is 0.492. The van der Waals surface area contributed by atoms with E-state index in [1.807, 2.05) is 0 Å². The number of aromatic nitrogens is 2. The molecule has 1 saturated carbocycles. The number of nitrogens with zero attached hydrogens (tertiary/aromatic N) is 2.